The van der Waals surface area contributed by atoms with Gasteiger partial charge >= 0.3 is 0 Å². The first-order valence-electron chi connectivity index (χ1n) is 12.0. The Balaban J connectivity index is 1.79. The van der Waals surface area contributed by atoms with Crippen LogP contribution < -0.4 is 9.30 Å². The fourth-order valence-corrected chi connectivity index (χ4v) is 6.65. The third-order valence-corrected chi connectivity index (χ3v) is 8.53. The third-order valence-electron chi connectivity index (χ3n) is 7.04. The zero-order valence-electron chi connectivity index (χ0n) is 20.2. The number of fused-ring (bicyclic) bond motifs is 5. The predicted octanol–water partition coefficient (Wildman–Crippen LogP) is 8.44. The van der Waals surface area contributed by atoms with Crippen molar-refractivity contribution in [2.24, 2.45) is 13.0 Å². The summed E-state index contributed by atoms with van der Waals surface area (Å²) < 4.78 is 10.6. The highest BCUT2D eigenvalue weighted by Crippen LogP contribution is 2.53. The van der Waals surface area contributed by atoms with Crippen molar-refractivity contribution in [2.45, 2.75) is 47.0 Å². The highest BCUT2D eigenvalue weighted by atomic mass is 32.1. The third kappa shape index (κ3) is 2.95. The second-order valence-corrected chi connectivity index (χ2v) is 11.3. The lowest BCUT2D eigenvalue weighted by Gasteiger charge is -2.26. The van der Waals surface area contributed by atoms with Crippen LogP contribution in [0.1, 0.15) is 49.6 Å². The number of aryl methyl sites for hydroxylation is 2. The smallest absolute Gasteiger partial charge is 0.228 e. The first-order chi connectivity index (χ1) is 15.8. The number of hydrogen-bond donors (Lipinski definition) is 0. The Labute approximate surface area is 199 Å². The topological polar surface area (TPSA) is 13.1 Å². The lowest BCUT2D eigenvalue weighted by molar-refractivity contribution is -0.659. The molecule has 2 nitrogen and oxygen atoms in total. The molecule has 0 atom stereocenters. The van der Waals surface area contributed by atoms with E-state index in [2.05, 4.69) is 94.9 Å². The Bertz CT molecular complexity index is 1590. The number of aromatic nitrogens is 1. The van der Waals surface area contributed by atoms with Crippen molar-refractivity contribution >= 4 is 43.0 Å². The van der Waals surface area contributed by atoms with Gasteiger partial charge in [-0.2, -0.15) is 0 Å². The molecule has 0 saturated carbocycles. The average Bonchev–Trinajstić information content (AvgIpc) is 3.22. The molecule has 0 amide bonds. The van der Waals surface area contributed by atoms with Crippen molar-refractivity contribution in [3.8, 4) is 22.8 Å². The van der Waals surface area contributed by atoms with E-state index in [0.717, 1.165) is 17.9 Å². The normalized spacial score (nSPS) is 12.8. The summed E-state index contributed by atoms with van der Waals surface area (Å²) in [5.74, 6) is 3.11. The molecule has 33 heavy (non-hydrogen) atoms. The van der Waals surface area contributed by atoms with Gasteiger partial charge in [-0.3, -0.25) is 0 Å². The van der Waals surface area contributed by atoms with Gasteiger partial charge in [0.05, 0.1) is 10.9 Å². The Morgan fingerprint density at radius 1 is 0.970 bits per heavy atom. The highest BCUT2D eigenvalue weighted by Gasteiger charge is 2.33. The fourth-order valence-electron chi connectivity index (χ4n) is 5.48. The van der Waals surface area contributed by atoms with Crippen LogP contribution in [0.5, 0.6) is 11.5 Å². The summed E-state index contributed by atoms with van der Waals surface area (Å²) >= 11 is 1.93. The number of nitrogens with zero attached hydrogens (tertiary/aromatic N) is 1. The molecule has 0 N–H and O–H groups in total. The van der Waals surface area contributed by atoms with Gasteiger partial charge in [-0.05, 0) is 59.0 Å². The van der Waals surface area contributed by atoms with Crippen molar-refractivity contribution < 1.29 is 9.30 Å². The molecule has 5 aromatic rings. The first kappa shape index (κ1) is 20.7. The van der Waals surface area contributed by atoms with Gasteiger partial charge in [0, 0.05) is 26.6 Å². The Kier molecular flexibility index (Phi) is 4.57. The summed E-state index contributed by atoms with van der Waals surface area (Å²) in [6.45, 7) is 11.4. The molecule has 0 radical (unpaired) electrons. The summed E-state index contributed by atoms with van der Waals surface area (Å²) in [4.78, 5) is 1.43. The molecular formula is C30H30NOS+. The quantitative estimate of drug-likeness (QED) is 0.246. The molecule has 0 fully saturated rings. The Hall–Kier alpha value is -2.91. The second-order valence-electron chi connectivity index (χ2n) is 10.2. The first-order valence-corrected chi connectivity index (χ1v) is 12.8. The van der Waals surface area contributed by atoms with Gasteiger partial charge in [-0.25, -0.2) is 4.57 Å². The summed E-state index contributed by atoms with van der Waals surface area (Å²) in [7, 11) is 2.17. The van der Waals surface area contributed by atoms with Crippen LogP contribution in [0.25, 0.3) is 42.9 Å². The van der Waals surface area contributed by atoms with E-state index in [9.17, 15) is 0 Å². The van der Waals surface area contributed by atoms with E-state index in [-0.39, 0.29) is 0 Å². The maximum atomic E-state index is 6.89. The Morgan fingerprint density at radius 3 is 2.45 bits per heavy atom. The number of benzene rings is 3. The minimum atomic E-state index is 0.522. The van der Waals surface area contributed by atoms with Crippen LogP contribution in [0.4, 0.5) is 0 Å². The highest BCUT2D eigenvalue weighted by molar-refractivity contribution is 7.20. The summed E-state index contributed by atoms with van der Waals surface area (Å²) in [6.07, 6.45) is 3.22. The molecule has 2 aromatic heterocycles. The maximum absolute atomic E-state index is 6.89. The number of hydrogen-bond acceptors (Lipinski definition) is 2. The zero-order valence-corrected chi connectivity index (χ0v) is 21.1. The van der Waals surface area contributed by atoms with E-state index in [1.807, 2.05) is 11.3 Å². The average molecular weight is 453 g/mol. The number of rotatable bonds is 3. The van der Waals surface area contributed by atoms with Gasteiger partial charge in [-0.1, -0.05) is 52.0 Å². The Morgan fingerprint density at radius 2 is 1.73 bits per heavy atom. The fraction of sp³-hybridized carbons (Fsp3) is 0.300. The lowest BCUT2D eigenvalue weighted by Crippen LogP contribution is -2.32. The van der Waals surface area contributed by atoms with Crippen LogP contribution in [0.15, 0.2) is 48.7 Å². The van der Waals surface area contributed by atoms with Gasteiger partial charge in [-0.15, -0.1) is 11.3 Å². The van der Waals surface area contributed by atoms with Crippen LogP contribution in [-0.2, 0) is 13.5 Å². The zero-order chi connectivity index (χ0) is 23.0. The van der Waals surface area contributed by atoms with Crippen LogP contribution in [-0.4, -0.2) is 0 Å². The molecule has 166 valence electrons. The SMILES string of the molecule is Cc1c2c(c(CC(C)C)c3ccccc13)Oc1cc3cc(C(C)C)sc3c3cc[n+](C)c-2c13. The minimum absolute atomic E-state index is 0.522. The van der Waals surface area contributed by atoms with Gasteiger partial charge in [0.25, 0.3) is 0 Å². The van der Waals surface area contributed by atoms with Crippen LogP contribution in [0, 0.1) is 12.8 Å². The predicted molar refractivity (Wildman–Crippen MR) is 141 cm³/mol. The molecule has 0 unspecified atom stereocenters. The molecule has 1 aliphatic heterocycles. The second kappa shape index (κ2) is 7.30. The van der Waals surface area contributed by atoms with Crippen molar-refractivity contribution in [1.82, 2.24) is 0 Å². The van der Waals surface area contributed by atoms with E-state index in [1.165, 1.54) is 58.9 Å². The van der Waals surface area contributed by atoms with Crippen molar-refractivity contribution in [3.63, 3.8) is 0 Å². The van der Waals surface area contributed by atoms with Gasteiger partial charge < -0.3 is 4.74 Å². The van der Waals surface area contributed by atoms with Crippen molar-refractivity contribution in [1.29, 1.82) is 0 Å². The van der Waals surface area contributed by atoms with E-state index in [4.69, 9.17) is 4.74 Å². The van der Waals surface area contributed by atoms with Gasteiger partial charge in [0.1, 0.15) is 18.5 Å². The largest absolute Gasteiger partial charge is 0.455 e. The maximum Gasteiger partial charge on any atom is 0.228 e. The molecule has 0 spiro atoms. The molecule has 3 aromatic carbocycles. The van der Waals surface area contributed by atoms with Crippen LogP contribution >= 0.6 is 11.3 Å². The molecule has 0 bridgehead atoms. The standard InChI is InChI=1S/C30H30NOS/c1-16(2)13-23-21-10-8-7-9-20(21)18(5)26-28-27-22(11-12-31(28)6)30-19(14-24(27)32-29(23)26)15-25(33-30)17(3)4/h7-12,14-17H,13H2,1-6H3/q+1. The van der Waals surface area contributed by atoms with E-state index >= 15 is 0 Å². The van der Waals surface area contributed by atoms with Gasteiger partial charge in [0.2, 0.25) is 5.69 Å². The monoisotopic (exact) mass is 452 g/mol. The lowest BCUT2D eigenvalue weighted by atomic mass is 9.86. The molecule has 6 rings (SSSR count). The minimum Gasteiger partial charge on any atom is -0.455 e. The van der Waals surface area contributed by atoms with Gasteiger partial charge in [0.15, 0.2) is 6.20 Å². The molecule has 1 aliphatic rings. The molecular weight excluding hydrogens is 422 g/mol. The number of pyridine rings is 1. The van der Waals surface area contributed by atoms with Crippen molar-refractivity contribution in [2.75, 3.05) is 0 Å². The van der Waals surface area contributed by atoms with E-state index in [1.54, 1.807) is 0 Å². The van der Waals surface area contributed by atoms with Crippen LogP contribution in [0.2, 0.25) is 0 Å². The van der Waals surface area contributed by atoms with E-state index in [0.29, 0.717) is 11.8 Å². The van der Waals surface area contributed by atoms with E-state index < -0.39 is 0 Å². The summed E-state index contributed by atoms with van der Waals surface area (Å²) in [5.41, 5.74) is 5.16. The molecule has 0 saturated heterocycles. The van der Waals surface area contributed by atoms with Crippen LogP contribution in [0.3, 0.4) is 0 Å². The molecule has 0 aliphatic carbocycles. The van der Waals surface area contributed by atoms with Crippen molar-refractivity contribution in [3.05, 3.63) is 64.7 Å². The number of ether oxygens (including phenoxy) is 1. The molecule has 3 heterocycles. The number of thiophene rings is 1. The summed E-state index contributed by atoms with van der Waals surface area (Å²) in [6, 6.07) is 15.7. The molecule has 3 heteroatoms. The summed E-state index contributed by atoms with van der Waals surface area (Å²) in [5, 5.41) is 6.48.